The Bertz CT molecular complexity index is 582. The Morgan fingerprint density at radius 2 is 1.83 bits per heavy atom. The number of carbonyl (C=O) groups is 1. The largest absolute Gasteiger partial charge is 0.444 e. The van der Waals surface area contributed by atoms with Gasteiger partial charge in [0.25, 0.3) is 0 Å². The van der Waals surface area contributed by atoms with Gasteiger partial charge in [0, 0.05) is 48.8 Å². The molecule has 23 heavy (non-hydrogen) atoms. The van der Waals surface area contributed by atoms with Gasteiger partial charge < -0.3 is 14.5 Å². The van der Waals surface area contributed by atoms with Crippen LogP contribution in [0.1, 0.15) is 26.3 Å². The molecule has 1 aromatic rings. The third kappa shape index (κ3) is 4.56. The van der Waals surface area contributed by atoms with E-state index in [0.29, 0.717) is 31.9 Å². The smallest absolute Gasteiger partial charge is 0.410 e. The monoisotopic (exact) mass is 390 g/mol. The lowest BCUT2D eigenvalue weighted by Gasteiger charge is -2.36. The number of ether oxygens (including phenoxy) is 1. The molecular formula is C16H21BrF2N2O2. The summed E-state index contributed by atoms with van der Waals surface area (Å²) >= 11 is 3.16. The van der Waals surface area contributed by atoms with Crippen LogP contribution in [0.15, 0.2) is 12.1 Å². The summed E-state index contributed by atoms with van der Waals surface area (Å²) in [4.78, 5) is 15.6. The molecule has 0 bridgehead atoms. The third-order valence-electron chi connectivity index (χ3n) is 3.53. The zero-order chi connectivity index (χ0) is 17.2. The maximum absolute atomic E-state index is 13.7. The van der Waals surface area contributed by atoms with Crippen molar-refractivity contribution in [3.8, 4) is 0 Å². The number of carbonyl (C=O) groups excluding carboxylic acids is 1. The minimum atomic E-state index is -0.855. The average Bonchev–Trinajstić information content (AvgIpc) is 2.48. The number of hydrogen-bond donors (Lipinski definition) is 0. The Morgan fingerprint density at radius 1 is 1.22 bits per heavy atom. The van der Waals surface area contributed by atoms with Gasteiger partial charge in [-0.15, -0.1) is 0 Å². The molecule has 0 unspecified atom stereocenters. The van der Waals surface area contributed by atoms with Crippen LogP contribution in [0.2, 0.25) is 0 Å². The molecule has 1 aromatic carbocycles. The van der Waals surface area contributed by atoms with E-state index in [4.69, 9.17) is 4.74 Å². The van der Waals surface area contributed by atoms with Crippen molar-refractivity contribution in [2.75, 3.05) is 31.1 Å². The Morgan fingerprint density at radius 3 is 2.35 bits per heavy atom. The molecule has 0 spiro atoms. The third-order valence-corrected chi connectivity index (χ3v) is 4.13. The number of nitrogens with zero attached hydrogens (tertiary/aromatic N) is 2. The second-order valence-electron chi connectivity index (χ2n) is 6.49. The Labute approximate surface area is 143 Å². The van der Waals surface area contributed by atoms with Gasteiger partial charge in [0.2, 0.25) is 0 Å². The van der Waals surface area contributed by atoms with Crippen molar-refractivity contribution in [3.63, 3.8) is 0 Å². The van der Waals surface area contributed by atoms with Crippen molar-refractivity contribution < 1.29 is 18.3 Å². The van der Waals surface area contributed by atoms with E-state index in [0.717, 1.165) is 0 Å². The molecule has 1 fully saturated rings. The SMILES string of the molecule is CC(C)(C)OC(=O)N1CCN(c2cc(F)c(F)c(CBr)c2)CC1. The molecule has 0 aliphatic carbocycles. The highest BCUT2D eigenvalue weighted by Gasteiger charge is 2.26. The molecule has 1 aliphatic heterocycles. The molecule has 128 valence electrons. The summed E-state index contributed by atoms with van der Waals surface area (Å²) in [6, 6.07) is 2.83. The average molecular weight is 391 g/mol. The van der Waals surface area contributed by atoms with Crippen LogP contribution >= 0.6 is 15.9 Å². The van der Waals surface area contributed by atoms with E-state index in [-0.39, 0.29) is 17.0 Å². The summed E-state index contributed by atoms with van der Waals surface area (Å²) in [5.41, 5.74) is 0.385. The van der Waals surface area contributed by atoms with Gasteiger partial charge in [-0.1, -0.05) is 15.9 Å². The lowest BCUT2D eigenvalue weighted by Crippen LogP contribution is -2.50. The van der Waals surface area contributed by atoms with Crippen LogP contribution < -0.4 is 4.90 Å². The summed E-state index contributed by atoms with van der Waals surface area (Å²) in [7, 11) is 0. The summed E-state index contributed by atoms with van der Waals surface area (Å²) in [6.07, 6.45) is -0.344. The van der Waals surface area contributed by atoms with Gasteiger partial charge in [0.05, 0.1) is 0 Å². The highest BCUT2D eigenvalue weighted by atomic mass is 79.9. The van der Waals surface area contributed by atoms with Crippen molar-refractivity contribution in [3.05, 3.63) is 29.3 Å². The van der Waals surface area contributed by atoms with Gasteiger partial charge in [0.1, 0.15) is 5.60 Å². The van der Waals surface area contributed by atoms with Crippen LogP contribution in [0.5, 0.6) is 0 Å². The molecule has 0 saturated carbocycles. The highest BCUT2D eigenvalue weighted by Crippen LogP contribution is 2.25. The van der Waals surface area contributed by atoms with Crippen molar-refractivity contribution in [2.24, 2.45) is 0 Å². The normalized spacial score (nSPS) is 15.7. The molecule has 0 atom stereocenters. The first-order valence-corrected chi connectivity index (χ1v) is 8.60. The highest BCUT2D eigenvalue weighted by molar-refractivity contribution is 9.08. The standard InChI is InChI=1S/C16H21BrF2N2O2/c1-16(2,3)23-15(22)21-6-4-20(5-7-21)12-8-11(10-17)14(19)13(18)9-12/h8-9H,4-7,10H2,1-3H3. The number of hydrogen-bond acceptors (Lipinski definition) is 3. The van der Waals surface area contributed by atoms with Crippen LogP contribution in [-0.4, -0.2) is 42.8 Å². The maximum atomic E-state index is 13.7. The van der Waals surface area contributed by atoms with Crippen LogP contribution in [0.4, 0.5) is 19.3 Å². The number of benzene rings is 1. The molecular weight excluding hydrogens is 370 g/mol. The molecule has 0 radical (unpaired) electrons. The van der Waals surface area contributed by atoms with Crippen molar-refractivity contribution in [1.82, 2.24) is 4.90 Å². The first kappa shape index (κ1) is 18.0. The predicted molar refractivity (Wildman–Crippen MR) is 89.0 cm³/mol. The summed E-state index contributed by atoms with van der Waals surface area (Å²) in [5.74, 6) is -1.68. The van der Waals surface area contributed by atoms with E-state index < -0.39 is 17.2 Å². The molecule has 1 aliphatic rings. The Hall–Kier alpha value is -1.37. The first-order chi connectivity index (χ1) is 10.7. The van der Waals surface area contributed by atoms with Gasteiger partial charge in [-0.2, -0.15) is 0 Å². The quantitative estimate of drug-likeness (QED) is 0.717. The molecule has 4 nitrogen and oxygen atoms in total. The van der Waals surface area contributed by atoms with Crippen LogP contribution in [0.3, 0.4) is 0 Å². The first-order valence-electron chi connectivity index (χ1n) is 7.48. The maximum Gasteiger partial charge on any atom is 0.410 e. The second-order valence-corrected chi connectivity index (χ2v) is 7.05. The fraction of sp³-hybridized carbons (Fsp3) is 0.562. The van der Waals surface area contributed by atoms with Crippen LogP contribution in [-0.2, 0) is 10.1 Å². The number of anilines is 1. The fourth-order valence-electron chi connectivity index (χ4n) is 2.38. The predicted octanol–water partition coefficient (Wildman–Crippen LogP) is 3.92. The molecule has 0 aromatic heterocycles. The van der Waals surface area contributed by atoms with Gasteiger partial charge in [-0.05, 0) is 26.8 Å². The van der Waals surface area contributed by atoms with E-state index in [1.54, 1.807) is 11.0 Å². The molecule has 2 rings (SSSR count). The molecule has 1 heterocycles. The fourth-order valence-corrected chi connectivity index (χ4v) is 2.79. The lowest BCUT2D eigenvalue weighted by molar-refractivity contribution is 0.0240. The molecule has 0 N–H and O–H groups in total. The summed E-state index contributed by atoms with van der Waals surface area (Å²) in [6.45, 7) is 7.53. The van der Waals surface area contributed by atoms with Crippen LogP contribution in [0.25, 0.3) is 0 Å². The van der Waals surface area contributed by atoms with Crippen molar-refractivity contribution in [1.29, 1.82) is 0 Å². The summed E-state index contributed by atoms with van der Waals surface area (Å²) in [5, 5.41) is 0.251. The number of amides is 1. The number of piperazine rings is 1. The molecule has 1 amide bonds. The topological polar surface area (TPSA) is 32.8 Å². The zero-order valence-electron chi connectivity index (χ0n) is 13.5. The number of rotatable bonds is 2. The lowest BCUT2D eigenvalue weighted by atomic mass is 10.1. The molecule has 1 saturated heterocycles. The van der Waals surface area contributed by atoms with Gasteiger partial charge >= 0.3 is 6.09 Å². The minimum absolute atomic E-state index is 0.251. The van der Waals surface area contributed by atoms with E-state index >= 15 is 0 Å². The van der Waals surface area contributed by atoms with Gasteiger partial charge in [-0.25, -0.2) is 13.6 Å². The number of halogens is 3. The minimum Gasteiger partial charge on any atom is -0.444 e. The van der Waals surface area contributed by atoms with Crippen LogP contribution in [0, 0.1) is 11.6 Å². The second kappa shape index (κ2) is 7.03. The van der Waals surface area contributed by atoms with E-state index in [1.165, 1.54) is 6.07 Å². The molecule has 7 heteroatoms. The summed E-state index contributed by atoms with van der Waals surface area (Å²) < 4.78 is 32.6. The Kier molecular flexibility index (Phi) is 5.49. The van der Waals surface area contributed by atoms with Gasteiger partial charge in [-0.3, -0.25) is 0 Å². The van der Waals surface area contributed by atoms with Crippen molar-refractivity contribution >= 4 is 27.7 Å². The van der Waals surface area contributed by atoms with E-state index in [9.17, 15) is 13.6 Å². The van der Waals surface area contributed by atoms with Gasteiger partial charge in [0.15, 0.2) is 11.6 Å². The van der Waals surface area contributed by atoms with E-state index in [1.807, 2.05) is 25.7 Å². The number of alkyl halides is 1. The zero-order valence-corrected chi connectivity index (χ0v) is 15.1. The van der Waals surface area contributed by atoms with Crippen molar-refractivity contribution in [2.45, 2.75) is 31.7 Å². The Balaban J connectivity index is 2.02. The van der Waals surface area contributed by atoms with E-state index in [2.05, 4.69) is 15.9 Å².